The molecule has 0 aliphatic carbocycles. The Kier molecular flexibility index (Phi) is 6.41. The summed E-state index contributed by atoms with van der Waals surface area (Å²) in [7, 11) is 1.86. The maximum atomic E-state index is 12.3. The van der Waals surface area contributed by atoms with Crippen LogP contribution >= 0.6 is 46.3 Å². The van der Waals surface area contributed by atoms with Gasteiger partial charge in [0.05, 0.1) is 12.1 Å². The van der Waals surface area contributed by atoms with Crippen molar-refractivity contribution in [3.05, 3.63) is 50.8 Å². The number of carbonyl (C=O) groups is 1. The summed E-state index contributed by atoms with van der Waals surface area (Å²) in [5.41, 5.74) is 3.62. The van der Waals surface area contributed by atoms with Crippen molar-refractivity contribution in [2.75, 3.05) is 5.32 Å². The third-order valence-corrected chi connectivity index (χ3v) is 6.76. The first-order valence-electron chi connectivity index (χ1n) is 8.03. The zero-order valence-corrected chi connectivity index (χ0v) is 18.1. The number of carbonyl (C=O) groups excluding carboxylic acids is 1. The van der Waals surface area contributed by atoms with E-state index in [4.69, 9.17) is 23.2 Å². The van der Waals surface area contributed by atoms with Gasteiger partial charge in [0.1, 0.15) is 0 Å². The van der Waals surface area contributed by atoms with Gasteiger partial charge in [-0.05, 0) is 31.5 Å². The summed E-state index contributed by atoms with van der Waals surface area (Å²) in [5.74, 6) is 0.436. The molecule has 1 aromatic carbocycles. The number of hydrogen-bond acceptors (Lipinski definition) is 6. The molecule has 0 aliphatic rings. The summed E-state index contributed by atoms with van der Waals surface area (Å²) >= 11 is 15.2. The number of anilines is 1. The average molecular weight is 442 g/mol. The van der Waals surface area contributed by atoms with E-state index in [1.807, 2.05) is 27.0 Å². The second-order valence-corrected chi connectivity index (χ2v) is 8.87. The third kappa shape index (κ3) is 4.82. The molecule has 0 radical (unpaired) electrons. The van der Waals surface area contributed by atoms with E-state index >= 15 is 0 Å². The number of nitrogens with zero attached hydrogens (tertiary/aromatic N) is 4. The Hall–Kier alpha value is -1.61. The lowest BCUT2D eigenvalue weighted by Crippen LogP contribution is -2.15. The van der Waals surface area contributed by atoms with E-state index in [2.05, 4.69) is 20.6 Å². The van der Waals surface area contributed by atoms with Crippen LogP contribution in [0.25, 0.3) is 0 Å². The Bertz CT molecular complexity index is 966. The van der Waals surface area contributed by atoms with Crippen LogP contribution in [0.1, 0.15) is 22.5 Å². The number of benzene rings is 1. The molecule has 3 aromatic rings. The highest BCUT2D eigenvalue weighted by atomic mass is 35.5. The second kappa shape index (κ2) is 8.60. The highest BCUT2D eigenvalue weighted by Crippen LogP contribution is 2.33. The van der Waals surface area contributed by atoms with Gasteiger partial charge in [-0.2, -0.15) is 5.10 Å². The van der Waals surface area contributed by atoms with Gasteiger partial charge in [0.15, 0.2) is 4.34 Å². The molecule has 2 heterocycles. The largest absolute Gasteiger partial charge is 0.300 e. The number of aryl methyl sites for hydroxylation is 2. The van der Waals surface area contributed by atoms with Crippen molar-refractivity contribution in [3.63, 3.8) is 0 Å². The summed E-state index contributed by atoms with van der Waals surface area (Å²) in [5, 5.41) is 17.0. The number of thioether (sulfide) groups is 1. The van der Waals surface area contributed by atoms with E-state index < -0.39 is 0 Å². The number of amides is 1. The Balaban J connectivity index is 1.60. The van der Waals surface area contributed by atoms with Crippen LogP contribution in [0.3, 0.4) is 0 Å². The van der Waals surface area contributed by atoms with Gasteiger partial charge in [0.2, 0.25) is 11.0 Å². The van der Waals surface area contributed by atoms with Crippen LogP contribution in [0.4, 0.5) is 5.13 Å². The van der Waals surface area contributed by atoms with Crippen LogP contribution in [0.2, 0.25) is 10.0 Å². The van der Waals surface area contributed by atoms with Crippen molar-refractivity contribution in [2.45, 2.75) is 30.4 Å². The van der Waals surface area contributed by atoms with Crippen LogP contribution in [0, 0.1) is 13.8 Å². The minimum absolute atomic E-state index is 0.143. The molecule has 27 heavy (non-hydrogen) atoms. The minimum Gasteiger partial charge on any atom is -0.300 e. The van der Waals surface area contributed by atoms with Crippen molar-refractivity contribution in [1.82, 2.24) is 20.0 Å². The quantitative estimate of drug-likeness (QED) is 0.444. The van der Waals surface area contributed by atoms with Crippen molar-refractivity contribution < 1.29 is 4.79 Å². The van der Waals surface area contributed by atoms with E-state index in [1.165, 1.54) is 23.1 Å². The standard InChI is InChI=1S/C17H17Cl2N5OS2/c1-9-11(10(2)24(3)23-9)7-15(25)20-16-21-22-17(27-16)26-8-12-13(18)5-4-6-14(12)19/h4-6H,7-8H2,1-3H3,(H,20,21,25). The molecule has 0 unspecified atom stereocenters. The first-order valence-corrected chi connectivity index (χ1v) is 10.6. The number of aromatic nitrogens is 4. The molecule has 2 aromatic heterocycles. The van der Waals surface area contributed by atoms with Crippen LogP contribution in [-0.4, -0.2) is 25.9 Å². The fourth-order valence-electron chi connectivity index (χ4n) is 2.52. The van der Waals surface area contributed by atoms with Gasteiger partial charge < -0.3 is 5.32 Å². The zero-order chi connectivity index (χ0) is 19.6. The number of hydrogen-bond donors (Lipinski definition) is 1. The van der Waals surface area contributed by atoms with Gasteiger partial charge in [-0.3, -0.25) is 9.48 Å². The second-order valence-electron chi connectivity index (χ2n) is 5.86. The predicted octanol–water partition coefficient (Wildman–Crippen LogP) is 4.67. The maximum Gasteiger partial charge on any atom is 0.230 e. The molecule has 0 saturated carbocycles. The molecule has 1 N–H and O–H groups in total. The first kappa shape index (κ1) is 20.1. The molecule has 0 saturated heterocycles. The zero-order valence-electron chi connectivity index (χ0n) is 14.9. The molecule has 6 nitrogen and oxygen atoms in total. The van der Waals surface area contributed by atoms with Gasteiger partial charge in [0.25, 0.3) is 0 Å². The van der Waals surface area contributed by atoms with E-state index in [-0.39, 0.29) is 12.3 Å². The predicted molar refractivity (Wildman–Crippen MR) is 111 cm³/mol. The van der Waals surface area contributed by atoms with E-state index in [9.17, 15) is 4.79 Å². The lowest BCUT2D eigenvalue weighted by molar-refractivity contribution is -0.115. The summed E-state index contributed by atoms with van der Waals surface area (Å²) in [6, 6.07) is 5.41. The molecule has 3 rings (SSSR count). The van der Waals surface area contributed by atoms with E-state index in [0.717, 1.165) is 26.9 Å². The molecular weight excluding hydrogens is 425 g/mol. The van der Waals surface area contributed by atoms with E-state index in [0.29, 0.717) is 20.9 Å². The highest BCUT2D eigenvalue weighted by Gasteiger charge is 2.15. The van der Waals surface area contributed by atoms with Crippen molar-refractivity contribution in [3.8, 4) is 0 Å². The first-order chi connectivity index (χ1) is 12.8. The van der Waals surface area contributed by atoms with Crippen molar-refractivity contribution in [2.24, 2.45) is 7.05 Å². The molecule has 0 spiro atoms. The number of halogens is 2. The number of rotatable bonds is 6. The molecule has 0 bridgehead atoms. The highest BCUT2D eigenvalue weighted by molar-refractivity contribution is 8.00. The Morgan fingerprint density at radius 3 is 2.56 bits per heavy atom. The molecule has 0 atom stereocenters. The lowest BCUT2D eigenvalue weighted by atomic mass is 10.1. The van der Waals surface area contributed by atoms with Gasteiger partial charge in [-0.15, -0.1) is 10.2 Å². The molecule has 0 aliphatic heterocycles. The van der Waals surface area contributed by atoms with Crippen LogP contribution in [0.5, 0.6) is 0 Å². The normalized spacial score (nSPS) is 11.0. The Morgan fingerprint density at radius 2 is 1.93 bits per heavy atom. The van der Waals surface area contributed by atoms with Crippen LogP contribution in [0.15, 0.2) is 22.5 Å². The van der Waals surface area contributed by atoms with Crippen LogP contribution < -0.4 is 5.32 Å². The van der Waals surface area contributed by atoms with Gasteiger partial charge in [-0.25, -0.2) is 0 Å². The number of nitrogens with one attached hydrogen (secondary N) is 1. The van der Waals surface area contributed by atoms with Crippen LogP contribution in [-0.2, 0) is 24.0 Å². The van der Waals surface area contributed by atoms with E-state index in [1.54, 1.807) is 16.8 Å². The summed E-state index contributed by atoms with van der Waals surface area (Å²) in [6.07, 6.45) is 0.253. The summed E-state index contributed by atoms with van der Waals surface area (Å²) in [6.45, 7) is 3.84. The average Bonchev–Trinajstić information content (AvgIpc) is 3.14. The fraction of sp³-hybridized carbons (Fsp3) is 0.294. The lowest BCUT2D eigenvalue weighted by Gasteiger charge is -2.04. The minimum atomic E-state index is -0.143. The topological polar surface area (TPSA) is 72.7 Å². The SMILES string of the molecule is Cc1nn(C)c(C)c1CC(=O)Nc1nnc(SCc2c(Cl)cccc2Cl)s1. The smallest absolute Gasteiger partial charge is 0.230 e. The summed E-state index contributed by atoms with van der Waals surface area (Å²) in [4.78, 5) is 12.3. The van der Waals surface area contributed by atoms with Crippen molar-refractivity contribution in [1.29, 1.82) is 0 Å². The Labute approximate surface area is 175 Å². The van der Waals surface area contributed by atoms with Crippen molar-refractivity contribution >= 4 is 57.3 Å². The van der Waals surface area contributed by atoms with Gasteiger partial charge in [0, 0.05) is 34.1 Å². The summed E-state index contributed by atoms with van der Waals surface area (Å²) < 4.78 is 2.51. The molecular formula is C17H17Cl2N5OS2. The maximum absolute atomic E-state index is 12.3. The van der Waals surface area contributed by atoms with Gasteiger partial charge >= 0.3 is 0 Å². The fourth-order valence-corrected chi connectivity index (χ4v) is 5.03. The third-order valence-electron chi connectivity index (χ3n) is 4.05. The molecule has 142 valence electrons. The van der Waals surface area contributed by atoms with Gasteiger partial charge in [-0.1, -0.05) is 52.4 Å². The Morgan fingerprint density at radius 1 is 1.22 bits per heavy atom. The monoisotopic (exact) mass is 441 g/mol. The molecule has 10 heteroatoms. The molecule has 0 fully saturated rings. The molecule has 1 amide bonds.